The van der Waals surface area contributed by atoms with E-state index in [1.54, 1.807) is 7.11 Å². The molecule has 0 heterocycles. The van der Waals surface area contributed by atoms with Gasteiger partial charge in [-0.3, -0.25) is 0 Å². The van der Waals surface area contributed by atoms with Crippen molar-refractivity contribution in [3.05, 3.63) is 0 Å². The number of aliphatic hydroxyl groups excluding tert-OH is 1. The van der Waals surface area contributed by atoms with Gasteiger partial charge >= 0.3 is 0 Å². The van der Waals surface area contributed by atoms with Gasteiger partial charge in [-0.15, -0.1) is 11.6 Å². The molecule has 1 N–H and O–H groups in total. The van der Waals surface area contributed by atoms with Crippen LogP contribution >= 0.6 is 11.6 Å². The van der Waals surface area contributed by atoms with Crippen molar-refractivity contribution in [2.45, 2.75) is 37.7 Å². The van der Waals surface area contributed by atoms with Crippen LogP contribution < -0.4 is 0 Å². The molecule has 0 aliphatic heterocycles. The maximum absolute atomic E-state index is 9.41. The number of halogens is 1. The van der Waals surface area contributed by atoms with Crippen molar-refractivity contribution < 1.29 is 9.84 Å². The highest BCUT2D eigenvalue weighted by Gasteiger charge is 2.65. The van der Waals surface area contributed by atoms with Crippen LogP contribution in [0.4, 0.5) is 0 Å². The van der Waals surface area contributed by atoms with E-state index in [0.717, 1.165) is 18.8 Å². The summed E-state index contributed by atoms with van der Waals surface area (Å²) in [6, 6.07) is 0. The molecule has 0 aromatic carbocycles. The van der Waals surface area contributed by atoms with Gasteiger partial charge in [0.25, 0.3) is 0 Å². The number of hydrogen-bond acceptors (Lipinski definition) is 2. The fourth-order valence-corrected chi connectivity index (χ4v) is 3.55. The molecule has 14 heavy (non-hydrogen) atoms. The normalized spacial score (nSPS) is 49.9. The van der Waals surface area contributed by atoms with Gasteiger partial charge in [0.2, 0.25) is 0 Å². The van der Waals surface area contributed by atoms with Gasteiger partial charge < -0.3 is 9.84 Å². The van der Waals surface area contributed by atoms with Crippen molar-refractivity contribution >= 4 is 11.6 Å². The van der Waals surface area contributed by atoms with E-state index in [2.05, 4.69) is 13.8 Å². The number of alkyl halides is 1. The highest BCUT2D eigenvalue weighted by Crippen LogP contribution is 2.67. The maximum atomic E-state index is 9.41. The van der Waals surface area contributed by atoms with E-state index >= 15 is 0 Å². The van der Waals surface area contributed by atoms with Gasteiger partial charge in [0.05, 0.1) is 12.0 Å². The summed E-state index contributed by atoms with van der Waals surface area (Å²) < 4.78 is 5.45. The van der Waals surface area contributed by atoms with Crippen LogP contribution in [0.15, 0.2) is 0 Å². The lowest BCUT2D eigenvalue weighted by molar-refractivity contribution is -0.0750. The van der Waals surface area contributed by atoms with Crippen molar-refractivity contribution in [2.24, 2.45) is 17.3 Å². The number of fused-ring (bicyclic) bond motifs is 1. The average Bonchev–Trinajstić information content (AvgIpc) is 2.67. The fraction of sp³-hybridized carbons (Fsp3) is 1.00. The fourth-order valence-electron chi connectivity index (χ4n) is 3.11. The van der Waals surface area contributed by atoms with Crippen molar-refractivity contribution in [3.63, 3.8) is 0 Å². The van der Waals surface area contributed by atoms with E-state index in [1.165, 1.54) is 0 Å². The lowest BCUT2D eigenvalue weighted by Crippen LogP contribution is -2.47. The summed E-state index contributed by atoms with van der Waals surface area (Å²) in [5.41, 5.74) is -0.0842. The molecule has 2 fully saturated rings. The quantitative estimate of drug-likeness (QED) is 0.719. The first kappa shape index (κ1) is 10.7. The Morgan fingerprint density at radius 2 is 2.07 bits per heavy atom. The Kier molecular flexibility index (Phi) is 2.37. The molecule has 0 radical (unpaired) electrons. The molecule has 0 aromatic heterocycles. The summed E-state index contributed by atoms with van der Waals surface area (Å²) in [5.74, 6) is 1.42. The van der Waals surface area contributed by atoms with E-state index < -0.39 is 5.60 Å². The monoisotopic (exact) mass is 218 g/mol. The molecule has 2 nitrogen and oxygen atoms in total. The Bertz CT molecular complexity index is 235. The maximum Gasteiger partial charge on any atom is 0.107 e. The predicted octanol–water partition coefficient (Wildman–Crippen LogP) is 2.04. The Morgan fingerprint density at radius 1 is 1.43 bits per heavy atom. The third kappa shape index (κ3) is 1.24. The molecule has 2 rings (SSSR count). The number of hydrogen-bond donors (Lipinski definition) is 1. The molecule has 2 aliphatic rings. The zero-order chi connectivity index (χ0) is 10.6. The summed E-state index contributed by atoms with van der Waals surface area (Å²) in [7, 11) is 1.65. The van der Waals surface area contributed by atoms with Gasteiger partial charge in [-0.2, -0.15) is 0 Å². The first-order valence-corrected chi connectivity index (χ1v) is 5.71. The van der Waals surface area contributed by atoms with E-state index in [4.69, 9.17) is 16.3 Å². The van der Waals surface area contributed by atoms with E-state index in [1.807, 2.05) is 0 Å². The molecule has 4 atom stereocenters. The van der Waals surface area contributed by atoms with Crippen molar-refractivity contribution in [2.75, 3.05) is 13.7 Å². The summed E-state index contributed by atoms with van der Waals surface area (Å²) in [4.78, 5) is 0. The molecule has 2 aliphatic carbocycles. The SMILES string of the molecule is COC1(CO)CC2C(CC1Cl)C2(C)C. The molecule has 0 amide bonds. The second-order valence-corrected chi connectivity index (χ2v) is 5.90. The van der Waals surface area contributed by atoms with Crippen LogP contribution in [0.25, 0.3) is 0 Å². The summed E-state index contributed by atoms with van der Waals surface area (Å²) in [6.07, 6.45) is 1.89. The molecule has 82 valence electrons. The molecular weight excluding hydrogens is 200 g/mol. The predicted molar refractivity (Wildman–Crippen MR) is 56.5 cm³/mol. The Hall–Kier alpha value is 0.210. The van der Waals surface area contributed by atoms with Crippen molar-refractivity contribution in [1.82, 2.24) is 0 Å². The van der Waals surface area contributed by atoms with Crippen LogP contribution in [-0.2, 0) is 4.74 Å². The highest BCUT2D eigenvalue weighted by molar-refractivity contribution is 6.21. The minimum Gasteiger partial charge on any atom is -0.393 e. The van der Waals surface area contributed by atoms with Crippen molar-refractivity contribution in [3.8, 4) is 0 Å². The zero-order valence-corrected chi connectivity index (χ0v) is 9.84. The Labute approximate surface area is 90.6 Å². The topological polar surface area (TPSA) is 29.5 Å². The minimum absolute atomic E-state index is 0.0387. The Morgan fingerprint density at radius 3 is 2.57 bits per heavy atom. The Balaban J connectivity index is 2.16. The van der Waals surface area contributed by atoms with Crippen LogP contribution in [0.1, 0.15) is 26.7 Å². The van der Waals surface area contributed by atoms with Crippen LogP contribution in [-0.4, -0.2) is 29.8 Å². The van der Waals surface area contributed by atoms with E-state index in [9.17, 15) is 5.11 Å². The highest BCUT2D eigenvalue weighted by atomic mass is 35.5. The molecular formula is C11H19ClO2. The van der Waals surface area contributed by atoms with Gasteiger partial charge in [0.1, 0.15) is 5.60 Å². The van der Waals surface area contributed by atoms with E-state index in [-0.39, 0.29) is 12.0 Å². The molecule has 3 heteroatoms. The van der Waals surface area contributed by atoms with Gasteiger partial charge in [-0.05, 0) is 30.1 Å². The van der Waals surface area contributed by atoms with Crippen LogP contribution in [0.2, 0.25) is 0 Å². The number of rotatable bonds is 2. The van der Waals surface area contributed by atoms with E-state index in [0.29, 0.717) is 11.3 Å². The summed E-state index contributed by atoms with van der Waals surface area (Å²) in [6.45, 7) is 4.61. The van der Waals surface area contributed by atoms with Crippen molar-refractivity contribution in [1.29, 1.82) is 0 Å². The van der Waals surface area contributed by atoms with Gasteiger partial charge in [0.15, 0.2) is 0 Å². The first-order valence-electron chi connectivity index (χ1n) is 5.28. The van der Waals surface area contributed by atoms with Gasteiger partial charge in [-0.1, -0.05) is 13.8 Å². The second kappa shape index (κ2) is 3.10. The average molecular weight is 219 g/mol. The third-order valence-corrected chi connectivity index (χ3v) is 5.14. The summed E-state index contributed by atoms with van der Waals surface area (Å²) in [5, 5.41) is 9.37. The number of ether oxygens (including phenoxy) is 1. The van der Waals surface area contributed by atoms with Crippen LogP contribution in [0.3, 0.4) is 0 Å². The molecule has 2 saturated carbocycles. The zero-order valence-electron chi connectivity index (χ0n) is 9.09. The standard InChI is InChI=1S/C11H19ClO2/c1-10(2)7-4-9(12)11(6-13,14-3)5-8(7)10/h7-9,13H,4-6H2,1-3H3. The first-order chi connectivity index (χ1) is 6.48. The minimum atomic E-state index is -0.490. The smallest absolute Gasteiger partial charge is 0.107 e. The summed E-state index contributed by atoms with van der Waals surface area (Å²) >= 11 is 6.30. The lowest BCUT2D eigenvalue weighted by Gasteiger charge is -2.38. The second-order valence-electron chi connectivity index (χ2n) is 5.37. The molecule has 0 spiro atoms. The van der Waals surface area contributed by atoms with Gasteiger partial charge in [0, 0.05) is 7.11 Å². The number of methoxy groups -OCH3 is 1. The molecule has 0 saturated heterocycles. The largest absolute Gasteiger partial charge is 0.393 e. The molecule has 4 unspecified atom stereocenters. The van der Waals surface area contributed by atoms with Crippen LogP contribution in [0, 0.1) is 17.3 Å². The molecule has 0 aromatic rings. The lowest BCUT2D eigenvalue weighted by atomic mass is 9.85. The third-order valence-electron chi connectivity index (χ3n) is 4.56. The van der Waals surface area contributed by atoms with Crippen LogP contribution in [0.5, 0.6) is 0 Å². The van der Waals surface area contributed by atoms with Gasteiger partial charge in [-0.25, -0.2) is 0 Å². The molecule has 0 bridgehead atoms. The number of aliphatic hydroxyl groups is 1.